The van der Waals surface area contributed by atoms with Crippen molar-refractivity contribution in [1.82, 2.24) is 0 Å². The van der Waals surface area contributed by atoms with E-state index in [2.05, 4.69) is 180 Å². The second-order valence-electron chi connectivity index (χ2n) is 12.6. The van der Waals surface area contributed by atoms with Crippen LogP contribution < -0.4 is 9.80 Å². The van der Waals surface area contributed by atoms with Crippen LogP contribution in [0.2, 0.25) is 0 Å². The van der Waals surface area contributed by atoms with E-state index in [1.165, 1.54) is 5.39 Å². The van der Waals surface area contributed by atoms with Crippen molar-refractivity contribution < 1.29 is 8.83 Å². The van der Waals surface area contributed by atoms with Crippen LogP contribution in [0.3, 0.4) is 0 Å². The Labute approximate surface area is 288 Å². The Bertz CT molecular complexity index is 2780. The minimum Gasteiger partial charge on any atom is -0.456 e. The van der Waals surface area contributed by atoms with Crippen molar-refractivity contribution in [3.63, 3.8) is 0 Å². The molecule has 0 unspecified atom stereocenters. The summed E-state index contributed by atoms with van der Waals surface area (Å²) in [4.78, 5) is 4.60. The third-order valence-corrected chi connectivity index (χ3v) is 9.57. The van der Waals surface area contributed by atoms with Gasteiger partial charge in [0.2, 0.25) is 0 Å². The number of para-hydroxylation sites is 4. The fraction of sp³-hybridized carbons (Fsp3) is 0. The van der Waals surface area contributed by atoms with Gasteiger partial charge in [-0.2, -0.15) is 0 Å². The van der Waals surface area contributed by atoms with Gasteiger partial charge in [-0.15, -0.1) is 0 Å². The summed E-state index contributed by atoms with van der Waals surface area (Å²) in [5.41, 5.74) is 9.44. The normalized spacial score (nSPS) is 11.6. The average molecular weight is 643 g/mol. The largest absolute Gasteiger partial charge is 0.456 e. The molecule has 10 aromatic rings. The lowest BCUT2D eigenvalue weighted by Gasteiger charge is -2.29. The summed E-state index contributed by atoms with van der Waals surface area (Å²) in [5, 5.41) is 6.63. The van der Waals surface area contributed by atoms with Gasteiger partial charge in [-0.1, -0.05) is 97.1 Å². The van der Waals surface area contributed by atoms with E-state index in [9.17, 15) is 0 Å². The van der Waals surface area contributed by atoms with Gasteiger partial charge in [0.1, 0.15) is 16.7 Å². The molecule has 50 heavy (non-hydrogen) atoms. The van der Waals surface area contributed by atoms with Crippen molar-refractivity contribution in [3.8, 4) is 0 Å². The molecule has 2 heterocycles. The van der Waals surface area contributed by atoms with Gasteiger partial charge in [0, 0.05) is 50.4 Å². The van der Waals surface area contributed by atoms with Crippen molar-refractivity contribution in [1.29, 1.82) is 0 Å². The maximum absolute atomic E-state index is 6.91. The number of fused-ring (bicyclic) bond motifs is 7. The number of hydrogen-bond donors (Lipinski definition) is 0. The second kappa shape index (κ2) is 11.4. The van der Waals surface area contributed by atoms with Gasteiger partial charge in [-0.3, -0.25) is 0 Å². The molecule has 8 aromatic carbocycles. The third kappa shape index (κ3) is 4.61. The predicted molar refractivity (Wildman–Crippen MR) is 208 cm³/mol. The number of nitrogens with zero attached hydrogens (tertiary/aromatic N) is 2. The SMILES string of the molecule is c1ccc(N(c2ccccc2)c2cc(N(c3ccccc3)c3ccc4c(c3)oc3ccccc34)c3oc4cc5ccccc5cc4c3c2)cc1. The lowest BCUT2D eigenvalue weighted by Crippen LogP contribution is -2.13. The number of benzene rings is 8. The fourth-order valence-electron chi connectivity index (χ4n) is 7.28. The summed E-state index contributed by atoms with van der Waals surface area (Å²) in [6, 6.07) is 63.7. The molecular formula is C46H30N2O2. The molecule has 0 saturated carbocycles. The molecule has 4 nitrogen and oxygen atoms in total. The Morgan fingerprint density at radius 1 is 0.300 bits per heavy atom. The standard InChI is InChI=1S/C46H30N2O2/c1-4-16-33(17-5-1)47(34-18-6-2-7-19-34)37-28-41-40-26-31-14-10-11-15-32(31)27-44(40)50-46(41)42(29-37)48(35-20-8-3-9-21-35)36-24-25-39-38-22-12-13-23-43(38)49-45(39)30-36/h1-30H. The minimum absolute atomic E-state index is 0.814. The lowest BCUT2D eigenvalue weighted by atomic mass is 10.0. The maximum Gasteiger partial charge on any atom is 0.159 e. The number of rotatable bonds is 6. The second-order valence-corrected chi connectivity index (χ2v) is 12.6. The van der Waals surface area contributed by atoms with Crippen molar-refractivity contribution >= 4 is 88.8 Å². The summed E-state index contributed by atoms with van der Waals surface area (Å²) in [6.07, 6.45) is 0. The Balaban J connectivity index is 1.30. The molecule has 0 spiro atoms. The van der Waals surface area contributed by atoms with E-state index in [1.807, 2.05) is 12.1 Å². The van der Waals surface area contributed by atoms with E-state index in [-0.39, 0.29) is 0 Å². The number of anilines is 6. The molecule has 2 aromatic heterocycles. The van der Waals surface area contributed by atoms with Crippen molar-refractivity contribution in [2.24, 2.45) is 0 Å². The molecule has 0 aliphatic rings. The zero-order valence-electron chi connectivity index (χ0n) is 27.0. The quantitative estimate of drug-likeness (QED) is 0.181. The number of hydrogen-bond acceptors (Lipinski definition) is 4. The first-order valence-corrected chi connectivity index (χ1v) is 16.8. The zero-order valence-corrected chi connectivity index (χ0v) is 27.0. The van der Waals surface area contributed by atoms with Gasteiger partial charge in [-0.05, 0) is 89.6 Å². The van der Waals surface area contributed by atoms with E-state index in [1.54, 1.807) is 0 Å². The summed E-state index contributed by atoms with van der Waals surface area (Å²) >= 11 is 0. The molecule has 0 fully saturated rings. The van der Waals surface area contributed by atoms with Crippen LogP contribution in [0.5, 0.6) is 0 Å². The molecule has 0 aliphatic carbocycles. The van der Waals surface area contributed by atoms with E-state index in [4.69, 9.17) is 8.83 Å². The first kappa shape index (κ1) is 28.3. The third-order valence-electron chi connectivity index (χ3n) is 9.57. The summed E-state index contributed by atoms with van der Waals surface area (Å²) in [7, 11) is 0. The summed E-state index contributed by atoms with van der Waals surface area (Å²) in [6.45, 7) is 0. The monoisotopic (exact) mass is 642 g/mol. The van der Waals surface area contributed by atoms with Gasteiger partial charge in [0.15, 0.2) is 5.58 Å². The molecule has 10 rings (SSSR count). The highest BCUT2D eigenvalue weighted by atomic mass is 16.3. The molecule has 0 aliphatic heterocycles. The van der Waals surface area contributed by atoms with Crippen LogP contribution in [0.25, 0.3) is 54.6 Å². The molecule has 0 bridgehead atoms. The molecular weight excluding hydrogens is 613 g/mol. The predicted octanol–water partition coefficient (Wildman–Crippen LogP) is 13.6. The Morgan fingerprint density at radius 3 is 1.56 bits per heavy atom. The summed E-state index contributed by atoms with van der Waals surface area (Å²) in [5.74, 6) is 0. The minimum atomic E-state index is 0.814. The average Bonchev–Trinajstić information content (AvgIpc) is 3.73. The van der Waals surface area contributed by atoms with E-state index >= 15 is 0 Å². The van der Waals surface area contributed by atoms with E-state index in [0.29, 0.717) is 0 Å². The van der Waals surface area contributed by atoms with E-state index in [0.717, 1.165) is 83.4 Å². The van der Waals surface area contributed by atoms with Crippen LogP contribution in [-0.2, 0) is 0 Å². The summed E-state index contributed by atoms with van der Waals surface area (Å²) < 4.78 is 13.3. The zero-order chi connectivity index (χ0) is 33.0. The molecule has 0 amide bonds. The van der Waals surface area contributed by atoms with Crippen LogP contribution >= 0.6 is 0 Å². The van der Waals surface area contributed by atoms with Crippen LogP contribution in [0.1, 0.15) is 0 Å². The van der Waals surface area contributed by atoms with Crippen LogP contribution in [0.15, 0.2) is 191 Å². The van der Waals surface area contributed by atoms with Gasteiger partial charge in [-0.25, -0.2) is 0 Å². The van der Waals surface area contributed by atoms with Gasteiger partial charge < -0.3 is 18.6 Å². The van der Waals surface area contributed by atoms with Gasteiger partial charge in [0.05, 0.1) is 11.4 Å². The van der Waals surface area contributed by atoms with Crippen molar-refractivity contribution in [2.45, 2.75) is 0 Å². The molecule has 0 N–H and O–H groups in total. The van der Waals surface area contributed by atoms with E-state index < -0.39 is 0 Å². The number of furan rings is 2. The Kier molecular flexibility index (Phi) is 6.46. The lowest BCUT2D eigenvalue weighted by molar-refractivity contribution is 0.667. The van der Waals surface area contributed by atoms with Gasteiger partial charge in [0.25, 0.3) is 0 Å². The molecule has 236 valence electrons. The van der Waals surface area contributed by atoms with Crippen LogP contribution in [0.4, 0.5) is 34.1 Å². The van der Waals surface area contributed by atoms with Gasteiger partial charge >= 0.3 is 0 Å². The van der Waals surface area contributed by atoms with Crippen molar-refractivity contribution in [3.05, 3.63) is 182 Å². The van der Waals surface area contributed by atoms with Crippen LogP contribution in [0, 0.1) is 0 Å². The highest BCUT2D eigenvalue weighted by Crippen LogP contribution is 2.48. The van der Waals surface area contributed by atoms with Crippen LogP contribution in [-0.4, -0.2) is 0 Å². The highest BCUT2D eigenvalue weighted by molar-refractivity contribution is 6.15. The Hall–Kier alpha value is -6.78. The smallest absolute Gasteiger partial charge is 0.159 e. The Morgan fingerprint density at radius 2 is 0.860 bits per heavy atom. The maximum atomic E-state index is 6.91. The highest BCUT2D eigenvalue weighted by Gasteiger charge is 2.24. The fourth-order valence-corrected chi connectivity index (χ4v) is 7.28. The first-order chi connectivity index (χ1) is 24.8. The molecule has 0 atom stereocenters. The molecule has 0 radical (unpaired) electrons. The molecule has 4 heteroatoms. The molecule has 0 saturated heterocycles. The van der Waals surface area contributed by atoms with Crippen molar-refractivity contribution in [2.75, 3.05) is 9.80 Å². The first-order valence-electron chi connectivity index (χ1n) is 16.8. The topological polar surface area (TPSA) is 32.8 Å².